The molecule has 1 amide bonds. The number of hydrogen-bond donors (Lipinski definition) is 1. The summed E-state index contributed by atoms with van der Waals surface area (Å²) in [5, 5.41) is 2.51. The molecule has 1 aromatic carbocycles. The average molecular weight is 234 g/mol. The van der Waals surface area contributed by atoms with E-state index in [-0.39, 0.29) is 5.56 Å². The lowest BCUT2D eigenvalue weighted by atomic mass is 10.2. The quantitative estimate of drug-likeness (QED) is 0.811. The molecule has 0 fully saturated rings. The van der Waals surface area contributed by atoms with E-state index < -0.39 is 17.7 Å². The summed E-state index contributed by atoms with van der Waals surface area (Å²) in [7, 11) is 0. The minimum atomic E-state index is -0.725. The molecular formula is C12H8F2N2O. The van der Waals surface area contributed by atoms with Crippen LogP contribution in [0.3, 0.4) is 0 Å². The SMILES string of the molecule is O=C(Nc1ccc(F)cc1)c1ccnc(F)c1. The highest BCUT2D eigenvalue weighted by atomic mass is 19.1. The lowest BCUT2D eigenvalue weighted by Gasteiger charge is -2.04. The number of nitrogens with zero attached hydrogens (tertiary/aromatic N) is 1. The van der Waals surface area contributed by atoms with E-state index in [1.165, 1.54) is 36.5 Å². The number of carbonyl (C=O) groups excluding carboxylic acids is 1. The molecule has 5 heteroatoms. The minimum absolute atomic E-state index is 0.154. The van der Waals surface area contributed by atoms with E-state index in [0.29, 0.717) is 5.69 Å². The molecule has 3 nitrogen and oxygen atoms in total. The summed E-state index contributed by atoms with van der Waals surface area (Å²) >= 11 is 0. The van der Waals surface area contributed by atoms with E-state index in [1.54, 1.807) is 0 Å². The smallest absolute Gasteiger partial charge is 0.255 e. The molecule has 0 spiro atoms. The second-order valence-electron chi connectivity index (χ2n) is 3.33. The van der Waals surface area contributed by atoms with Crippen molar-refractivity contribution in [1.29, 1.82) is 0 Å². The zero-order valence-electron chi connectivity index (χ0n) is 8.65. The first-order valence-corrected chi connectivity index (χ1v) is 4.83. The van der Waals surface area contributed by atoms with Crippen LogP contribution in [0.5, 0.6) is 0 Å². The lowest BCUT2D eigenvalue weighted by Crippen LogP contribution is -2.12. The number of hydrogen-bond acceptors (Lipinski definition) is 2. The van der Waals surface area contributed by atoms with Crippen molar-refractivity contribution in [2.45, 2.75) is 0 Å². The van der Waals surface area contributed by atoms with E-state index in [0.717, 1.165) is 6.07 Å². The maximum Gasteiger partial charge on any atom is 0.255 e. The van der Waals surface area contributed by atoms with Gasteiger partial charge >= 0.3 is 0 Å². The Kier molecular flexibility index (Phi) is 3.09. The topological polar surface area (TPSA) is 42.0 Å². The Morgan fingerprint density at radius 1 is 1.12 bits per heavy atom. The van der Waals surface area contributed by atoms with Crippen molar-refractivity contribution < 1.29 is 13.6 Å². The third-order valence-corrected chi connectivity index (χ3v) is 2.09. The number of anilines is 1. The van der Waals surface area contributed by atoms with Gasteiger partial charge in [0.15, 0.2) is 0 Å². The van der Waals surface area contributed by atoms with Gasteiger partial charge in [-0.1, -0.05) is 0 Å². The average Bonchev–Trinajstić information content (AvgIpc) is 2.32. The van der Waals surface area contributed by atoms with Gasteiger partial charge in [0, 0.05) is 23.5 Å². The molecule has 0 atom stereocenters. The molecule has 2 rings (SSSR count). The first kappa shape index (κ1) is 11.2. The molecule has 0 aliphatic heterocycles. The molecule has 1 N–H and O–H groups in total. The summed E-state index contributed by atoms with van der Waals surface area (Å²) in [4.78, 5) is 15.0. The molecule has 0 saturated carbocycles. The van der Waals surface area contributed by atoms with Gasteiger partial charge in [-0.05, 0) is 30.3 Å². The van der Waals surface area contributed by atoms with E-state index >= 15 is 0 Å². The number of rotatable bonds is 2. The third-order valence-electron chi connectivity index (χ3n) is 2.09. The van der Waals surface area contributed by atoms with Crippen molar-refractivity contribution in [2.24, 2.45) is 0 Å². The Morgan fingerprint density at radius 3 is 2.47 bits per heavy atom. The maximum absolute atomic E-state index is 12.8. The van der Waals surface area contributed by atoms with Gasteiger partial charge in [0.25, 0.3) is 5.91 Å². The van der Waals surface area contributed by atoms with Crippen LogP contribution in [0.15, 0.2) is 42.6 Å². The van der Waals surface area contributed by atoms with Crippen LogP contribution in [0.2, 0.25) is 0 Å². The second-order valence-corrected chi connectivity index (χ2v) is 3.33. The highest BCUT2D eigenvalue weighted by Gasteiger charge is 2.07. The van der Waals surface area contributed by atoms with E-state index in [1.807, 2.05) is 0 Å². The van der Waals surface area contributed by atoms with Crippen molar-refractivity contribution >= 4 is 11.6 Å². The third kappa shape index (κ3) is 2.84. The molecule has 1 aromatic heterocycles. The molecule has 0 unspecified atom stereocenters. The maximum atomic E-state index is 12.8. The zero-order chi connectivity index (χ0) is 12.3. The summed E-state index contributed by atoms with van der Waals surface area (Å²) in [6, 6.07) is 7.71. The second kappa shape index (κ2) is 4.69. The molecule has 0 aliphatic carbocycles. The Balaban J connectivity index is 2.14. The number of pyridine rings is 1. The number of nitrogens with one attached hydrogen (secondary N) is 1. The largest absolute Gasteiger partial charge is 0.322 e. The lowest BCUT2D eigenvalue weighted by molar-refractivity contribution is 0.102. The monoisotopic (exact) mass is 234 g/mol. The fraction of sp³-hybridized carbons (Fsp3) is 0. The van der Waals surface area contributed by atoms with Gasteiger partial charge in [0.1, 0.15) is 5.82 Å². The predicted molar refractivity (Wildman–Crippen MR) is 58.5 cm³/mol. The Labute approximate surface area is 96.1 Å². The summed E-state index contributed by atoms with van der Waals surface area (Å²) in [5.41, 5.74) is 0.593. The summed E-state index contributed by atoms with van der Waals surface area (Å²) in [6.07, 6.45) is 1.20. The molecular weight excluding hydrogens is 226 g/mol. The fourth-order valence-electron chi connectivity index (χ4n) is 1.28. The van der Waals surface area contributed by atoms with Gasteiger partial charge in [0.05, 0.1) is 0 Å². The minimum Gasteiger partial charge on any atom is -0.322 e. The molecule has 17 heavy (non-hydrogen) atoms. The van der Waals surface area contributed by atoms with Crippen molar-refractivity contribution in [2.75, 3.05) is 5.32 Å². The number of aromatic nitrogens is 1. The molecule has 0 bridgehead atoms. The normalized spacial score (nSPS) is 10.0. The van der Waals surface area contributed by atoms with Gasteiger partial charge in [0.2, 0.25) is 5.95 Å². The van der Waals surface area contributed by atoms with Crippen LogP contribution < -0.4 is 5.32 Å². The van der Waals surface area contributed by atoms with Crippen molar-refractivity contribution in [3.8, 4) is 0 Å². The first-order valence-electron chi connectivity index (χ1n) is 4.83. The van der Waals surface area contributed by atoms with Crippen LogP contribution in [0.4, 0.5) is 14.5 Å². The van der Waals surface area contributed by atoms with Gasteiger partial charge in [-0.3, -0.25) is 4.79 Å². The summed E-state index contributed by atoms with van der Waals surface area (Å²) < 4.78 is 25.4. The summed E-state index contributed by atoms with van der Waals surface area (Å²) in [6.45, 7) is 0. The van der Waals surface area contributed by atoms with Crippen molar-refractivity contribution in [3.63, 3.8) is 0 Å². The highest BCUT2D eigenvalue weighted by Crippen LogP contribution is 2.10. The predicted octanol–water partition coefficient (Wildman–Crippen LogP) is 2.61. The Bertz CT molecular complexity index is 540. The van der Waals surface area contributed by atoms with Gasteiger partial charge in [-0.15, -0.1) is 0 Å². The Hall–Kier alpha value is -2.30. The molecule has 0 aliphatic rings. The molecule has 0 radical (unpaired) electrons. The van der Waals surface area contributed by atoms with Gasteiger partial charge < -0.3 is 5.32 Å². The van der Waals surface area contributed by atoms with Crippen LogP contribution in [0.1, 0.15) is 10.4 Å². The van der Waals surface area contributed by atoms with Crippen LogP contribution in [0, 0.1) is 11.8 Å². The van der Waals surface area contributed by atoms with Crippen molar-refractivity contribution in [3.05, 3.63) is 59.9 Å². The van der Waals surface area contributed by atoms with Gasteiger partial charge in [-0.25, -0.2) is 9.37 Å². The Morgan fingerprint density at radius 2 is 1.82 bits per heavy atom. The zero-order valence-corrected chi connectivity index (χ0v) is 8.65. The molecule has 2 aromatic rings. The summed E-state index contributed by atoms with van der Waals surface area (Å²) in [5.74, 6) is -1.59. The van der Waals surface area contributed by atoms with Crippen LogP contribution in [-0.4, -0.2) is 10.9 Å². The highest BCUT2D eigenvalue weighted by molar-refractivity contribution is 6.04. The van der Waals surface area contributed by atoms with E-state index in [2.05, 4.69) is 10.3 Å². The van der Waals surface area contributed by atoms with Crippen LogP contribution in [-0.2, 0) is 0 Å². The number of halogens is 2. The van der Waals surface area contributed by atoms with Crippen LogP contribution in [0.25, 0.3) is 0 Å². The number of benzene rings is 1. The number of amides is 1. The standard InChI is InChI=1S/C12H8F2N2O/c13-9-1-3-10(4-2-9)16-12(17)8-5-6-15-11(14)7-8/h1-7H,(H,16,17). The van der Waals surface area contributed by atoms with Crippen LogP contribution >= 0.6 is 0 Å². The van der Waals surface area contributed by atoms with Crippen molar-refractivity contribution in [1.82, 2.24) is 4.98 Å². The van der Waals surface area contributed by atoms with E-state index in [9.17, 15) is 13.6 Å². The molecule has 86 valence electrons. The van der Waals surface area contributed by atoms with Gasteiger partial charge in [-0.2, -0.15) is 4.39 Å². The number of carbonyl (C=O) groups is 1. The first-order chi connectivity index (χ1) is 8.15. The fourth-order valence-corrected chi connectivity index (χ4v) is 1.28. The van der Waals surface area contributed by atoms with E-state index in [4.69, 9.17) is 0 Å². The molecule has 0 saturated heterocycles. The molecule has 1 heterocycles.